The van der Waals surface area contributed by atoms with Gasteiger partial charge < -0.3 is 9.84 Å². The summed E-state index contributed by atoms with van der Waals surface area (Å²) in [5.74, 6) is -1.08. The largest absolute Gasteiger partial charge is 0.464 e. The van der Waals surface area contributed by atoms with Crippen molar-refractivity contribution in [2.45, 2.75) is 10.4 Å². The van der Waals surface area contributed by atoms with Crippen LogP contribution in [0.5, 0.6) is 0 Å². The normalized spacial score (nSPS) is 12.7. The summed E-state index contributed by atoms with van der Waals surface area (Å²) in [5.41, 5.74) is 0.414. The van der Waals surface area contributed by atoms with Gasteiger partial charge in [-0.1, -0.05) is 0 Å². The molecule has 0 bridgehead atoms. The number of nitrogens with zero attached hydrogens (tertiary/aromatic N) is 2. The fraction of sp³-hybridized carbons (Fsp3) is 0.556. The van der Waals surface area contributed by atoms with Gasteiger partial charge in [-0.2, -0.15) is 17.5 Å². The van der Waals surface area contributed by atoms with Crippen molar-refractivity contribution in [1.82, 2.24) is 9.29 Å². The molecule has 0 fully saturated rings. The van der Waals surface area contributed by atoms with Gasteiger partial charge in [-0.3, -0.25) is 0 Å². The summed E-state index contributed by atoms with van der Waals surface area (Å²) in [7, 11) is -3.64. The molecule has 0 saturated heterocycles. The first-order chi connectivity index (χ1) is 9.63. The average molecular weight is 348 g/mol. The molecular weight excluding hydrogens is 337 g/mol. The third-order valence-corrected chi connectivity index (χ3v) is 5.39. The number of aliphatic hydroxyl groups excluding tert-OH is 1. The van der Waals surface area contributed by atoms with Gasteiger partial charge in [0.2, 0.25) is 0 Å². The van der Waals surface area contributed by atoms with Crippen molar-refractivity contribution >= 4 is 27.3 Å². The Hall–Kier alpha value is -1.24. The Morgan fingerprint density at radius 3 is 2.62 bits per heavy atom. The summed E-state index contributed by atoms with van der Waals surface area (Å²) in [5, 5.41) is 8.74. The van der Waals surface area contributed by atoms with Crippen LogP contribution in [0.25, 0.3) is 0 Å². The Labute approximate surface area is 122 Å². The van der Waals surface area contributed by atoms with Crippen molar-refractivity contribution < 1.29 is 36.2 Å². The lowest BCUT2D eigenvalue weighted by atomic mass is 10.5. The van der Waals surface area contributed by atoms with Gasteiger partial charge in [-0.25, -0.2) is 18.2 Å². The lowest BCUT2D eigenvalue weighted by Gasteiger charge is -2.21. The third kappa shape index (κ3) is 4.36. The van der Waals surface area contributed by atoms with E-state index >= 15 is 0 Å². The summed E-state index contributed by atoms with van der Waals surface area (Å²) in [6, 6.07) is 0. The fourth-order valence-electron chi connectivity index (χ4n) is 1.36. The summed E-state index contributed by atoms with van der Waals surface area (Å²) >= 11 is 0.490. The number of aromatic nitrogens is 1. The van der Waals surface area contributed by atoms with Gasteiger partial charge in [0.1, 0.15) is 6.54 Å². The van der Waals surface area contributed by atoms with E-state index in [0.717, 1.165) is 12.6 Å². The molecule has 21 heavy (non-hydrogen) atoms. The van der Waals surface area contributed by atoms with Gasteiger partial charge in [0.25, 0.3) is 10.0 Å². The zero-order chi connectivity index (χ0) is 16.3. The predicted molar refractivity (Wildman–Crippen MR) is 65.4 cm³/mol. The molecule has 0 atom stereocenters. The van der Waals surface area contributed by atoms with Crippen molar-refractivity contribution in [1.29, 1.82) is 0 Å². The highest BCUT2D eigenvalue weighted by Crippen LogP contribution is 2.27. The molecule has 1 aromatic heterocycles. The second-order valence-electron chi connectivity index (χ2n) is 3.66. The molecule has 0 aliphatic rings. The smallest absolute Gasteiger partial charge is 0.402 e. The average Bonchev–Trinajstić information content (AvgIpc) is 2.85. The summed E-state index contributed by atoms with van der Waals surface area (Å²) in [6.07, 6.45) is -4.79. The Bertz CT molecular complexity index is 599. The summed E-state index contributed by atoms with van der Waals surface area (Å²) < 4.78 is 65.4. The van der Waals surface area contributed by atoms with Gasteiger partial charge in [0.05, 0.1) is 19.2 Å². The van der Waals surface area contributed by atoms with Crippen LogP contribution in [0.15, 0.2) is 9.72 Å². The van der Waals surface area contributed by atoms with E-state index in [9.17, 15) is 26.4 Å². The molecule has 120 valence electrons. The van der Waals surface area contributed by atoms with Crippen molar-refractivity contribution in [2.24, 2.45) is 0 Å². The fourth-order valence-corrected chi connectivity index (χ4v) is 4.05. The lowest BCUT2D eigenvalue weighted by molar-refractivity contribution is -0.136. The number of hydrogen-bond acceptors (Lipinski definition) is 7. The summed E-state index contributed by atoms with van der Waals surface area (Å²) in [4.78, 5) is 14.9. The molecule has 0 amide bonds. The third-order valence-electron chi connectivity index (χ3n) is 2.19. The minimum atomic E-state index is -4.79. The minimum Gasteiger partial charge on any atom is -0.464 e. The van der Waals surface area contributed by atoms with E-state index in [2.05, 4.69) is 9.72 Å². The molecule has 12 heteroatoms. The van der Waals surface area contributed by atoms with Crippen LogP contribution in [0.1, 0.15) is 10.5 Å². The molecule has 0 radical (unpaired) electrons. The molecule has 1 heterocycles. The molecule has 0 spiro atoms. The molecule has 1 aromatic rings. The second kappa shape index (κ2) is 6.68. The highest BCUT2D eigenvalue weighted by Gasteiger charge is 2.39. The number of esters is 1. The van der Waals surface area contributed by atoms with E-state index in [0.29, 0.717) is 11.3 Å². The van der Waals surface area contributed by atoms with Crippen LogP contribution in [0.2, 0.25) is 0 Å². The van der Waals surface area contributed by atoms with Crippen molar-refractivity contribution in [3.63, 3.8) is 0 Å². The number of carbonyl (C=O) groups is 1. The van der Waals surface area contributed by atoms with E-state index in [-0.39, 0.29) is 4.31 Å². The molecule has 0 saturated carbocycles. The first-order valence-corrected chi connectivity index (χ1v) is 7.65. The second-order valence-corrected chi connectivity index (χ2v) is 6.65. The maximum absolute atomic E-state index is 12.4. The van der Waals surface area contributed by atoms with Gasteiger partial charge in [0.15, 0.2) is 9.90 Å². The number of sulfonamides is 1. The van der Waals surface area contributed by atoms with Crippen LogP contribution in [0.4, 0.5) is 13.2 Å². The molecular formula is C9H11F3N2O5S2. The maximum atomic E-state index is 12.4. The molecule has 0 aromatic carbocycles. The van der Waals surface area contributed by atoms with Crippen LogP contribution < -0.4 is 0 Å². The summed E-state index contributed by atoms with van der Waals surface area (Å²) in [6.45, 7) is -3.35. The van der Waals surface area contributed by atoms with Crippen LogP contribution in [-0.4, -0.2) is 61.8 Å². The lowest BCUT2D eigenvalue weighted by Crippen LogP contribution is -2.40. The number of alkyl halides is 3. The topological polar surface area (TPSA) is 96.8 Å². The van der Waals surface area contributed by atoms with E-state index in [1.54, 1.807) is 0 Å². The first-order valence-electron chi connectivity index (χ1n) is 5.33. The molecule has 0 unspecified atom stereocenters. The van der Waals surface area contributed by atoms with E-state index < -0.39 is 51.8 Å². The maximum Gasteiger partial charge on any atom is 0.402 e. The molecule has 7 nitrogen and oxygen atoms in total. The minimum absolute atomic E-state index is 0.0347. The molecule has 1 N–H and O–H groups in total. The van der Waals surface area contributed by atoms with Crippen molar-refractivity contribution in [3.05, 3.63) is 11.2 Å². The number of hydrogen-bond donors (Lipinski definition) is 1. The van der Waals surface area contributed by atoms with E-state index in [4.69, 9.17) is 5.11 Å². The first kappa shape index (κ1) is 17.8. The number of aliphatic hydroxyl groups is 1. The van der Waals surface area contributed by atoms with Gasteiger partial charge >= 0.3 is 12.1 Å². The van der Waals surface area contributed by atoms with E-state index in [1.807, 2.05) is 0 Å². The number of halogens is 3. The zero-order valence-electron chi connectivity index (χ0n) is 10.6. The Kier molecular flexibility index (Phi) is 5.67. The van der Waals surface area contributed by atoms with Gasteiger partial charge in [0, 0.05) is 6.54 Å². The Balaban J connectivity index is 3.24. The van der Waals surface area contributed by atoms with Crippen LogP contribution in [-0.2, 0) is 14.8 Å². The number of carbonyl (C=O) groups excluding carboxylic acids is 1. The molecule has 0 aliphatic heterocycles. The van der Waals surface area contributed by atoms with Gasteiger partial charge in [-0.05, 0) is 0 Å². The van der Waals surface area contributed by atoms with Crippen LogP contribution in [0, 0.1) is 0 Å². The number of methoxy groups -OCH3 is 1. The Morgan fingerprint density at radius 2 is 2.14 bits per heavy atom. The monoisotopic (exact) mass is 348 g/mol. The van der Waals surface area contributed by atoms with Crippen molar-refractivity contribution in [2.75, 3.05) is 26.8 Å². The van der Waals surface area contributed by atoms with Gasteiger partial charge in [-0.15, -0.1) is 11.3 Å². The highest BCUT2D eigenvalue weighted by atomic mass is 32.2. The number of ether oxygens (including phenoxy) is 1. The quantitative estimate of drug-likeness (QED) is 0.751. The predicted octanol–water partition coefficient (Wildman–Crippen LogP) is 0.475. The number of thiazole rings is 1. The molecule has 0 aliphatic carbocycles. The van der Waals surface area contributed by atoms with Crippen molar-refractivity contribution in [3.8, 4) is 0 Å². The number of rotatable bonds is 6. The SMILES string of the molecule is COC(=O)c1ncsc1S(=O)(=O)N(CCO)CC(F)(F)F. The Morgan fingerprint density at radius 1 is 1.52 bits per heavy atom. The standard InChI is InChI=1S/C9H11F3N2O5S2/c1-19-7(16)6-8(20-5-13-6)21(17,18)14(2-3-15)4-9(10,11)12/h5,15H,2-4H2,1H3. The zero-order valence-corrected chi connectivity index (χ0v) is 12.3. The molecule has 1 rings (SSSR count). The van der Waals surface area contributed by atoms with Crippen LogP contribution >= 0.6 is 11.3 Å². The van der Waals surface area contributed by atoms with E-state index in [1.165, 1.54) is 0 Å². The highest BCUT2D eigenvalue weighted by molar-refractivity contribution is 7.91. The van der Waals surface area contributed by atoms with Crippen LogP contribution in [0.3, 0.4) is 0 Å².